The van der Waals surface area contributed by atoms with Gasteiger partial charge in [0.25, 0.3) is 0 Å². The Bertz CT molecular complexity index is 706. The van der Waals surface area contributed by atoms with Gasteiger partial charge in [0, 0.05) is 13.0 Å². The lowest BCUT2D eigenvalue weighted by Crippen LogP contribution is -2.45. The van der Waals surface area contributed by atoms with Crippen LogP contribution in [0.4, 0.5) is 0 Å². The van der Waals surface area contributed by atoms with Crippen LogP contribution in [0.3, 0.4) is 0 Å². The number of aliphatic hydroxyl groups excluding tert-OH is 3. The van der Waals surface area contributed by atoms with Gasteiger partial charge in [0.05, 0.1) is 17.8 Å². The second-order valence-corrected chi connectivity index (χ2v) is 11.1. The van der Waals surface area contributed by atoms with E-state index in [-0.39, 0.29) is 12.0 Å². The molecule has 3 saturated carbocycles. The molecule has 0 radical (unpaired) electrons. The summed E-state index contributed by atoms with van der Waals surface area (Å²) in [4.78, 5) is 0. The summed E-state index contributed by atoms with van der Waals surface area (Å²) in [5.41, 5.74) is 2.59. The highest BCUT2D eigenvalue weighted by Crippen LogP contribution is 2.60. The minimum Gasteiger partial charge on any atom is -0.396 e. The van der Waals surface area contributed by atoms with E-state index < -0.39 is 17.8 Å². The fraction of sp³-hybridized carbons (Fsp3) is 0.778. The van der Waals surface area contributed by atoms with Gasteiger partial charge in [-0.05, 0) is 92.6 Å². The summed E-state index contributed by atoms with van der Waals surface area (Å²) in [5.74, 6) is 1.07. The minimum absolute atomic E-state index is 0.108. The average Bonchev–Trinajstić information content (AvgIpc) is 3.07. The maximum Gasteiger partial charge on any atom is 0.0811 e. The van der Waals surface area contributed by atoms with Crippen molar-refractivity contribution in [2.45, 2.75) is 103 Å². The van der Waals surface area contributed by atoms with E-state index >= 15 is 0 Å². The molecular formula is C27H44O4. The van der Waals surface area contributed by atoms with Gasteiger partial charge in [-0.3, -0.25) is 0 Å². The van der Waals surface area contributed by atoms with E-state index in [1.54, 1.807) is 0 Å². The van der Waals surface area contributed by atoms with Crippen LogP contribution in [-0.2, 0) is 0 Å². The molecule has 3 aliphatic carbocycles. The van der Waals surface area contributed by atoms with E-state index in [0.29, 0.717) is 30.6 Å². The van der Waals surface area contributed by atoms with E-state index in [0.717, 1.165) is 62.5 Å². The van der Waals surface area contributed by atoms with E-state index in [1.165, 1.54) is 5.57 Å². The van der Waals surface area contributed by atoms with Crippen molar-refractivity contribution in [3.63, 3.8) is 0 Å². The number of hydrogen-bond donors (Lipinski definition) is 4. The van der Waals surface area contributed by atoms with Gasteiger partial charge >= 0.3 is 0 Å². The lowest BCUT2D eigenvalue weighted by molar-refractivity contribution is -0.0660. The summed E-state index contributed by atoms with van der Waals surface area (Å²) in [6, 6.07) is 0. The summed E-state index contributed by atoms with van der Waals surface area (Å²) in [6.07, 6.45) is 12.4. The summed E-state index contributed by atoms with van der Waals surface area (Å²) in [6.45, 7) is 10.7. The molecule has 0 saturated heterocycles. The summed E-state index contributed by atoms with van der Waals surface area (Å²) < 4.78 is 0. The van der Waals surface area contributed by atoms with Gasteiger partial charge in [-0.2, -0.15) is 0 Å². The highest BCUT2D eigenvalue weighted by atomic mass is 16.3. The molecular weight excluding hydrogens is 388 g/mol. The molecule has 3 aliphatic rings. The Kier molecular flexibility index (Phi) is 7.89. The summed E-state index contributed by atoms with van der Waals surface area (Å²) in [5, 5.41) is 40.9. The largest absolute Gasteiger partial charge is 0.396 e. The van der Waals surface area contributed by atoms with Gasteiger partial charge < -0.3 is 20.4 Å². The third-order valence-electron chi connectivity index (χ3n) is 8.67. The maximum absolute atomic E-state index is 11.5. The number of fused-ring (bicyclic) bond motifs is 1. The van der Waals surface area contributed by atoms with Crippen LogP contribution >= 0.6 is 0 Å². The normalized spacial score (nSPS) is 39.5. The lowest BCUT2D eigenvalue weighted by atomic mass is 9.59. The van der Waals surface area contributed by atoms with Gasteiger partial charge in [-0.15, -0.1) is 0 Å². The summed E-state index contributed by atoms with van der Waals surface area (Å²) >= 11 is 0. The Hall–Kier alpha value is -0.940. The molecule has 0 heterocycles. The molecule has 0 spiro atoms. The first-order valence-electron chi connectivity index (χ1n) is 12.4. The fourth-order valence-electron chi connectivity index (χ4n) is 6.80. The Morgan fingerprint density at radius 2 is 2.00 bits per heavy atom. The SMILES string of the molecule is C=C1/C(=C\C=C2/CCC[C@@]3(C)[C@H]2CC[C@@H]3[C@](C)(O)CCCC(C)CO)C[C@H](O)C[C@H]1O. The molecule has 4 N–H and O–H groups in total. The molecule has 4 heteroatoms. The highest BCUT2D eigenvalue weighted by molar-refractivity contribution is 5.38. The zero-order valence-electron chi connectivity index (χ0n) is 19.8. The van der Waals surface area contributed by atoms with Crippen LogP contribution in [0.2, 0.25) is 0 Å². The molecule has 0 aromatic carbocycles. The third kappa shape index (κ3) is 5.35. The standard InChI is InChI=1S/C27H44O4/c1-18(17-28)7-5-14-27(4,31)25-12-11-23-20(8-6-13-26(23,25)3)9-10-21-15-22(29)16-24(30)19(21)2/h9-10,18,22-25,28-31H,2,5-8,11-17H2,1,3-4H3/b20-9+,21-10-/t18?,22-,23-,24+,25-,26-,27+/m0/s1. The van der Waals surface area contributed by atoms with Crippen LogP contribution in [0.15, 0.2) is 35.5 Å². The van der Waals surface area contributed by atoms with Gasteiger partial charge in [-0.1, -0.05) is 44.6 Å². The first-order chi connectivity index (χ1) is 14.6. The van der Waals surface area contributed by atoms with Crippen molar-refractivity contribution in [3.8, 4) is 0 Å². The number of allylic oxidation sites excluding steroid dienone is 3. The molecule has 1 unspecified atom stereocenters. The lowest BCUT2D eigenvalue weighted by Gasteiger charge is -2.47. The number of hydrogen-bond acceptors (Lipinski definition) is 4. The molecule has 0 bridgehead atoms. The monoisotopic (exact) mass is 432 g/mol. The van der Waals surface area contributed by atoms with Crippen LogP contribution in [0.5, 0.6) is 0 Å². The second-order valence-electron chi connectivity index (χ2n) is 11.1. The Morgan fingerprint density at radius 3 is 2.71 bits per heavy atom. The van der Waals surface area contributed by atoms with Crippen molar-refractivity contribution in [1.82, 2.24) is 0 Å². The fourth-order valence-corrected chi connectivity index (χ4v) is 6.80. The van der Waals surface area contributed by atoms with E-state index in [4.69, 9.17) is 0 Å². The molecule has 3 fully saturated rings. The van der Waals surface area contributed by atoms with Crippen molar-refractivity contribution in [1.29, 1.82) is 0 Å². The van der Waals surface area contributed by atoms with Gasteiger partial charge in [-0.25, -0.2) is 0 Å². The molecule has 4 nitrogen and oxygen atoms in total. The van der Waals surface area contributed by atoms with Crippen molar-refractivity contribution in [3.05, 3.63) is 35.5 Å². The van der Waals surface area contributed by atoms with Crippen molar-refractivity contribution < 1.29 is 20.4 Å². The van der Waals surface area contributed by atoms with Crippen LogP contribution in [0.1, 0.15) is 85.0 Å². The smallest absolute Gasteiger partial charge is 0.0811 e. The van der Waals surface area contributed by atoms with E-state index in [1.807, 2.05) is 6.92 Å². The Morgan fingerprint density at radius 1 is 1.26 bits per heavy atom. The first-order valence-corrected chi connectivity index (χ1v) is 12.4. The predicted octanol–water partition coefficient (Wildman–Crippen LogP) is 4.68. The van der Waals surface area contributed by atoms with Gasteiger partial charge in [0.1, 0.15) is 0 Å². The van der Waals surface area contributed by atoms with Gasteiger partial charge in [0.2, 0.25) is 0 Å². The van der Waals surface area contributed by atoms with Crippen LogP contribution < -0.4 is 0 Å². The van der Waals surface area contributed by atoms with Crippen molar-refractivity contribution in [2.24, 2.45) is 23.2 Å². The first kappa shape index (κ1) is 24.7. The molecule has 31 heavy (non-hydrogen) atoms. The maximum atomic E-state index is 11.5. The zero-order valence-corrected chi connectivity index (χ0v) is 19.8. The minimum atomic E-state index is -0.675. The molecule has 0 aliphatic heterocycles. The highest BCUT2D eigenvalue weighted by Gasteiger charge is 2.54. The zero-order chi connectivity index (χ0) is 22.8. The molecule has 0 amide bonds. The quantitative estimate of drug-likeness (QED) is 0.471. The molecule has 7 atom stereocenters. The van der Waals surface area contributed by atoms with Crippen molar-refractivity contribution in [2.75, 3.05) is 6.61 Å². The topological polar surface area (TPSA) is 80.9 Å². The van der Waals surface area contributed by atoms with E-state index in [9.17, 15) is 20.4 Å². The van der Waals surface area contributed by atoms with Crippen molar-refractivity contribution >= 4 is 0 Å². The molecule has 0 aromatic rings. The predicted molar refractivity (Wildman–Crippen MR) is 125 cm³/mol. The molecule has 176 valence electrons. The summed E-state index contributed by atoms with van der Waals surface area (Å²) in [7, 11) is 0. The number of rotatable bonds is 7. The molecule has 3 rings (SSSR count). The average molecular weight is 433 g/mol. The Labute approximate surface area is 188 Å². The van der Waals surface area contributed by atoms with Crippen LogP contribution in [0, 0.1) is 23.2 Å². The van der Waals surface area contributed by atoms with Crippen LogP contribution in [0.25, 0.3) is 0 Å². The second kappa shape index (κ2) is 9.91. The third-order valence-corrected chi connectivity index (χ3v) is 8.67. The van der Waals surface area contributed by atoms with Crippen LogP contribution in [-0.4, -0.2) is 44.8 Å². The molecule has 0 aromatic heterocycles. The van der Waals surface area contributed by atoms with E-state index in [2.05, 4.69) is 32.6 Å². The van der Waals surface area contributed by atoms with Gasteiger partial charge in [0.15, 0.2) is 0 Å². The number of aliphatic hydroxyl groups is 4. The Balaban J connectivity index is 1.74.